The van der Waals surface area contributed by atoms with E-state index in [2.05, 4.69) is 29.2 Å². The Bertz CT molecular complexity index is 528. The summed E-state index contributed by atoms with van der Waals surface area (Å²) in [6.45, 7) is 2.83. The molecule has 2 aliphatic rings. The summed E-state index contributed by atoms with van der Waals surface area (Å²) in [5.41, 5.74) is 1.31. The van der Waals surface area contributed by atoms with E-state index in [1.165, 1.54) is 31.2 Å². The highest BCUT2D eigenvalue weighted by Gasteiger charge is 2.34. The lowest BCUT2D eigenvalue weighted by atomic mass is 10.0. The molecule has 138 valence electrons. The van der Waals surface area contributed by atoms with Crippen molar-refractivity contribution >= 4 is 5.91 Å². The van der Waals surface area contributed by atoms with Gasteiger partial charge >= 0.3 is 0 Å². The average Bonchev–Trinajstić information content (AvgIpc) is 3.17. The number of carbonyl (C=O) groups excluding carboxylic acids is 1. The maximum Gasteiger partial charge on any atom is 0.222 e. The molecule has 0 unspecified atom stereocenters. The number of carbonyl (C=O) groups is 1. The highest BCUT2D eigenvalue weighted by Crippen LogP contribution is 2.28. The van der Waals surface area contributed by atoms with Crippen LogP contribution in [0.15, 0.2) is 30.3 Å². The minimum atomic E-state index is 0.212. The van der Waals surface area contributed by atoms with Crippen molar-refractivity contribution in [2.45, 2.75) is 63.5 Å². The standard InChI is InChI=1S/C21H32N2O2/c24-16-13-20-17-22(14-15-23(20)19-10-4-5-11-19)21(25)12-6-9-18-7-2-1-3-8-18/h1-3,7-8,19-20,24H,4-6,9-17H2/t20-/m1/s1. The second-order valence-corrected chi connectivity index (χ2v) is 7.52. The summed E-state index contributed by atoms with van der Waals surface area (Å²) in [5, 5.41) is 9.44. The maximum absolute atomic E-state index is 12.6. The smallest absolute Gasteiger partial charge is 0.222 e. The minimum absolute atomic E-state index is 0.212. The molecular formula is C21H32N2O2. The number of hydrogen-bond donors (Lipinski definition) is 1. The molecule has 1 aromatic carbocycles. The van der Waals surface area contributed by atoms with Crippen molar-refractivity contribution in [3.8, 4) is 0 Å². The number of benzene rings is 1. The van der Waals surface area contributed by atoms with Gasteiger partial charge in [-0.1, -0.05) is 43.2 Å². The Hall–Kier alpha value is -1.39. The average molecular weight is 344 g/mol. The quantitative estimate of drug-likeness (QED) is 0.827. The van der Waals surface area contributed by atoms with Gasteiger partial charge in [0.25, 0.3) is 0 Å². The molecule has 1 heterocycles. The van der Waals surface area contributed by atoms with Gasteiger partial charge in [-0.3, -0.25) is 9.69 Å². The first kappa shape index (κ1) is 18.4. The molecule has 2 fully saturated rings. The molecule has 1 saturated carbocycles. The Balaban J connectivity index is 1.48. The van der Waals surface area contributed by atoms with Gasteiger partial charge in [-0.25, -0.2) is 0 Å². The van der Waals surface area contributed by atoms with E-state index in [0.29, 0.717) is 18.5 Å². The summed E-state index contributed by atoms with van der Waals surface area (Å²) in [4.78, 5) is 17.2. The number of nitrogens with zero attached hydrogens (tertiary/aromatic N) is 2. The SMILES string of the molecule is O=C(CCCc1ccccc1)N1CCN(C2CCCC2)[C@H](CCO)C1. The molecular weight excluding hydrogens is 312 g/mol. The zero-order valence-electron chi connectivity index (χ0n) is 15.3. The second kappa shape index (κ2) is 9.35. The van der Waals surface area contributed by atoms with Crippen LogP contribution in [0.4, 0.5) is 0 Å². The molecule has 1 aliphatic heterocycles. The summed E-state index contributed by atoms with van der Waals surface area (Å²) in [5.74, 6) is 0.282. The van der Waals surface area contributed by atoms with Crippen LogP contribution in [0.3, 0.4) is 0 Å². The van der Waals surface area contributed by atoms with E-state index < -0.39 is 0 Å². The first-order valence-corrected chi connectivity index (χ1v) is 9.96. The van der Waals surface area contributed by atoms with Gasteiger partial charge in [-0.05, 0) is 37.7 Å². The molecule has 1 aliphatic carbocycles. The van der Waals surface area contributed by atoms with Crippen LogP contribution in [0.2, 0.25) is 0 Å². The third-order valence-corrected chi connectivity index (χ3v) is 5.84. The molecule has 25 heavy (non-hydrogen) atoms. The van der Waals surface area contributed by atoms with Gasteiger partial charge in [0.2, 0.25) is 5.91 Å². The van der Waals surface area contributed by atoms with Gasteiger partial charge in [0, 0.05) is 44.7 Å². The van der Waals surface area contributed by atoms with Gasteiger partial charge in [0.1, 0.15) is 0 Å². The highest BCUT2D eigenvalue weighted by molar-refractivity contribution is 5.76. The largest absolute Gasteiger partial charge is 0.396 e. The predicted molar refractivity (Wildman–Crippen MR) is 100 cm³/mol. The molecule has 1 N–H and O–H groups in total. The van der Waals surface area contributed by atoms with Gasteiger partial charge in [-0.2, -0.15) is 0 Å². The zero-order chi connectivity index (χ0) is 17.5. The molecule has 0 bridgehead atoms. The van der Waals surface area contributed by atoms with E-state index in [1.807, 2.05) is 11.0 Å². The highest BCUT2D eigenvalue weighted by atomic mass is 16.3. The third kappa shape index (κ3) is 5.05. The van der Waals surface area contributed by atoms with E-state index in [4.69, 9.17) is 0 Å². The number of hydrogen-bond acceptors (Lipinski definition) is 3. The van der Waals surface area contributed by atoms with Crippen LogP contribution in [0.1, 0.15) is 50.5 Å². The first-order chi connectivity index (χ1) is 12.3. The van der Waals surface area contributed by atoms with E-state index in [-0.39, 0.29) is 12.5 Å². The Morgan fingerprint density at radius 1 is 1.12 bits per heavy atom. The normalized spacial score (nSPS) is 22.4. The number of rotatable bonds is 7. The Morgan fingerprint density at radius 2 is 1.88 bits per heavy atom. The fourth-order valence-electron chi connectivity index (χ4n) is 4.47. The van der Waals surface area contributed by atoms with Gasteiger partial charge < -0.3 is 10.0 Å². The van der Waals surface area contributed by atoms with Crippen LogP contribution in [0.5, 0.6) is 0 Å². The first-order valence-electron chi connectivity index (χ1n) is 9.96. The third-order valence-electron chi connectivity index (χ3n) is 5.84. The molecule has 1 aromatic rings. The molecule has 0 radical (unpaired) electrons. The van der Waals surface area contributed by atoms with Crippen LogP contribution < -0.4 is 0 Å². The lowest BCUT2D eigenvalue weighted by Gasteiger charge is -2.44. The van der Waals surface area contributed by atoms with Crippen molar-refractivity contribution in [1.29, 1.82) is 0 Å². The fraction of sp³-hybridized carbons (Fsp3) is 0.667. The van der Waals surface area contributed by atoms with E-state index in [9.17, 15) is 9.90 Å². The van der Waals surface area contributed by atoms with Crippen LogP contribution in [-0.2, 0) is 11.2 Å². The minimum Gasteiger partial charge on any atom is -0.396 e. The monoisotopic (exact) mass is 344 g/mol. The molecule has 1 amide bonds. The van der Waals surface area contributed by atoms with Crippen molar-refractivity contribution in [3.63, 3.8) is 0 Å². The molecule has 0 spiro atoms. The molecule has 1 atom stereocenters. The Kier molecular flexibility index (Phi) is 6.88. The van der Waals surface area contributed by atoms with Crippen LogP contribution in [0.25, 0.3) is 0 Å². The fourth-order valence-corrected chi connectivity index (χ4v) is 4.47. The van der Waals surface area contributed by atoms with Crippen LogP contribution in [-0.4, -0.2) is 59.1 Å². The summed E-state index contributed by atoms with van der Waals surface area (Å²) < 4.78 is 0. The zero-order valence-corrected chi connectivity index (χ0v) is 15.3. The lowest BCUT2D eigenvalue weighted by Crippen LogP contribution is -2.57. The molecule has 1 saturated heterocycles. The maximum atomic E-state index is 12.6. The van der Waals surface area contributed by atoms with E-state index in [1.54, 1.807) is 0 Å². The van der Waals surface area contributed by atoms with Crippen LogP contribution >= 0.6 is 0 Å². The Morgan fingerprint density at radius 3 is 2.60 bits per heavy atom. The lowest BCUT2D eigenvalue weighted by molar-refractivity contribution is -0.135. The van der Waals surface area contributed by atoms with Gasteiger partial charge in [0.15, 0.2) is 0 Å². The molecule has 4 nitrogen and oxygen atoms in total. The van der Waals surface area contributed by atoms with Crippen molar-refractivity contribution in [1.82, 2.24) is 9.80 Å². The van der Waals surface area contributed by atoms with Gasteiger partial charge in [0.05, 0.1) is 0 Å². The van der Waals surface area contributed by atoms with E-state index in [0.717, 1.165) is 38.9 Å². The van der Waals surface area contributed by atoms with Crippen molar-refractivity contribution in [3.05, 3.63) is 35.9 Å². The number of amides is 1. The number of piperazine rings is 1. The number of aliphatic hydroxyl groups excluding tert-OH is 1. The van der Waals surface area contributed by atoms with Crippen molar-refractivity contribution < 1.29 is 9.90 Å². The number of aryl methyl sites for hydroxylation is 1. The second-order valence-electron chi connectivity index (χ2n) is 7.52. The van der Waals surface area contributed by atoms with Gasteiger partial charge in [-0.15, -0.1) is 0 Å². The topological polar surface area (TPSA) is 43.8 Å². The summed E-state index contributed by atoms with van der Waals surface area (Å²) >= 11 is 0. The molecule has 0 aromatic heterocycles. The van der Waals surface area contributed by atoms with Crippen molar-refractivity contribution in [2.24, 2.45) is 0 Å². The molecule has 3 rings (SSSR count). The molecule has 4 heteroatoms. The van der Waals surface area contributed by atoms with E-state index >= 15 is 0 Å². The summed E-state index contributed by atoms with van der Waals surface area (Å²) in [7, 11) is 0. The van der Waals surface area contributed by atoms with Crippen molar-refractivity contribution in [2.75, 3.05) is 26.2 Å². The van der Waals surface area contributed by atoms with Crippen LogP contribution in [0, 0.1) is 0 Å². The Labute approximate surface area is 151 Å². The predicted octanol–water partition coefficient (Wildman–Crippen LogP) is 2.85. The summed E-state index contributed by atoms with van der Waals surface area (Å²) in [6, 6.07) is 11.4. The summed E-state index contributed by atoms with van der Waals surface area (Å²) in [6.07, 6.45) is 8.52. The number of aliphatic hydroxyl groups is 1.